The number of benzene rings is 1. The average molecular weight is 207 g/mol. The molecule has 0 aromatic heterocycles. The smallest absolute Gasteiger partial charge is 0.140 e. The third-order valence-electron chi connectivity index (χ3n) is 3.15. The summed E-state index contributed by atoms with van der Waals surface area (Å²) in [6, 6.07) is 10.7. The van der Waals surface area contributed by atoms with E-state index in [-0.39, 0.29) is 0 Å². The number of Topliss-reactive ketones (excluding diaryl/α,β-unsaturated/α-hetero) is 1. The van der Waals surface area contributed by atoms with Crippen molar-refractivity contribution in [1.82, 2.24) is 0 Å². The lowest BCUT2D eigenvalue weighted by molar-refractivity contribution is -0.118. The molecule has 1 aliphatic heterocycles. The van der Waals surface area contributed by atoms with E-state index in [0.717, 1.165) is 25.2 Å². The first-order valence-corrected chi connectivity index (χ1v) is 7.73. The summed E-state index contributed by atoms with van der Waals surface area (Å²) >= 11 is 0. The van der Waals surface area contributed by atoms with Crippen LogP contribution in [-0.4, -0.2) is 24.8 Å². The monoisotopic (exact) mass is 207 g/mol. The highest BCUT2D eigenvalue weighted by atomic mass is 31.2. The molecule has 0 amide bonds. The Morgan fingerprint density at radius 1 is 1.07 bits per heavy atom. The fraction of sp³-hybridized carbons (Fsp3) is 0.417. The van der Waals surface area contributed by atoms with Crippen molar-refractivity contribution in [3.8, 4) is 0 Å². The highest BCUT2D eigenvalue weighted by molar-refractivity contribution is 7.82. The quantitative estimate of drug-likeness (QED) is 0.646. The highest BCUT2D eigenvalue weighted by Gasteiger charge is 2.38. The maximum absolute atomic E-state index is 11.2. The third-order valence-corrected chi connectivity index (χ3v) is 7.11. The van der Waals surface area contributed by atoms with Gasteiger partial charge >= 0.3 is 0 Å². The van der Waals surface area contributed by atoms with Gasteiger partial charge in [0.2, 0.25) is 0 Å². The molecule has 1 aromatic carbocycles. The summed E-state index contributed by atoms with van der Waals surface area (Å²) in [7, 11) is -0.974. The summed E-state index contributed by atoms with van der Waals surface area (Å²) in [5.41, 5.74) is 0. The Morgan fingerprint density at radius 2 is 1.64 bits per heavy atom. The van der Waals surface area contributed by atoms with Crippen molar-refractivity contribution >= 4 is 18.4 Å². The van der Waals surface area contributed by atoms with Crippen molar-refractivity contribution < 1.29 is 4.79 Å². The van der Waals surface area contributed by atoms with Crippen molar-refractivity contribution in [1.29, 1.82) is 0 Å². The van der Waals surface area contributed by atoms with Gasteiger partial charge in [0.1, 0.15) is 5.78 Å². The molecule has 14 heavy (non-hydrogen) atoms. The molecule has 74 valence electrons. The molecule has 1 aromatic rings. The minimum Gasteiger partial charge on any atom is -0.299 e. The fourth-order valence-corrected chi connectivity index (χ4v) is 5.14. The summed E-state index contributed by atoms with van der Waals surface area (Å²) in [5, 5.41) is 1.49. The van der Waals surface area contributed by atoms with Crippen molar-refractivity contribution in [2.45, 2.75) is 12.8 Å². The lowest BCUT2D eigenvalue weighted by Crippen LogP contribution is -2.24. The van der Waals surface area contributed by atoms with Crippen LogP contribution in [0, 0.1) is 0 Å². The van der Waals surface area contributed by atoms with Gasteiger partial charge in [-0.3, -0.25) is 4.79 Å². The van der Waals surface area contributed by atoms with Crippen LogP contribution in [0.1, 0.15) is 12.8 Å². The summed E-state index contributed by atoms with van der Waals surface area (Å²) in [6.45, 7) is 2.38. The molecule has 0 saturated carbocycles. The Bertz CT molecular complexity index is 321. The molecular weight excluding hydrogens is 191 g/mol. The zero-order valence-electron chi connectivity index (χ0n) is 8.57. The van der Waals surface area contributed by atoms with Crippen molar-refractivity contribution in [3.05, 3.63) is 30.3 Å². The Hall–Kier alpha value is -0.680. The van der Waals surface area contributed by atoms with Gasteiger partial charge < -0.3 is 0 Å². The molecular formula is C12H16OP+. The van der Waals surface area contributed by atoms with Gasteiger partial charge in [-0.05, 0) is 12.1 Å². The van der Waals surface area contributed by atoms with Gasteiger partial charge in [-0.2, -0.15) is 0 Å². The Kier molecular flexibility index (Phi) is 2.69. The maximum atomic E-state index is 11.2. The minimum absolute atomic E-state index is 0.457. The first kappa shape index (κ1) is 9.86. The summed E-state index contributed by atoms with van der Waals surface area (Å²) in [6.07, 6.45) is 3.85. The molecule has 2 heteroatoms. The van der Waals surface area contributed by atoms with E-state index in [1.54, 1.807) is 0 Å². The normalized spacial score (nSPS) is 20.8. The van der Waals surface area contributed by atoms with E-state index >= 15 is 0 Å². The largest absolute Gasteiger partial charge is 0.299 e. The highest BCUT2D eigenvalue weighted by Crippen LogP contribution is 2.56. The minimum atomic E-state index is -0.974. The molecule has 1 nitrogen and oxygen atoms in total. The second-order valence-electron chi connectivity index (χ2n) is 4.22. The number of rotatable bonds is 1. The number of ketones is 1. The van der Waals surface area contributed by atoms with Crippen molar-refractivity contribution in [2.75, 3.05) is 19.0 Å². The Labute approximate surface area is 85.9 Å². The van der Waals surface area contributed by atoms with Crippen LogP contribution >= 0.6 is 7.26 Å². The molecule has 1 saturated heterocycles. The standard InChI is InChI=1S/C12H16OP/c1-14(9-7-11(13)8-10-14)12-5-3-2-4-6-12/h2-6H,7-10H2,1H3/q+1. The first-order valence-electron chi connectivity index (χ1n) is 5.13. The molecule has 0 radical (unpaired) electrons. The van der Waals surface area contributed by atoms with Crippen LogP contribution in [0.2, 0.25) is 0 Å². The van der Waals surface area contributed by atoms with E-state index in [9.17, 15) is 4.79 Å². The molecule has 0 N–H and O–H groups in total. The zero-order valence-corrected chi connectivity index (χ0v) is 9.47. The molecule has 1 heterocycles. The van der Waals surface area contributed by atoms with E-state index in [4.69, 9.17) is 0 Å². The van der Waals surface area contributed by atoms with Crippen LogP contribution < -0.4 is 5.30 Å². The maximum Gasteiger partial charge on any atom is 0.140 e. The van der Waals surface area contributed by atoms with Crippen LogP contribution in [-0.2, 0) is 4.79 Å². The van der Waals surface area contributed by atoms with Gasteiger partial charge in [0.05, 0.1) is 24.3 Å². The number of carbonyl (C=O) groups excluding carboxylic acids is 1. The van der Waals surface area contributed by atoms with Crippen LogP contribution in [0.15, 0.2) is 30.3 Å². The molecule has 0 aliphatic carbocycles. The van der Waals surface area contributed by atoms with E-state index in [1.165, 1.54) is 5.30 Å². The van der Waals surface area contributed by atoms with Crippen molar-refractivity contribution in [2.24, 2.45) is 0 Å². The summed E-state index contributed by atoms with van der Waals surface area (Å²) < 4.78 is 0. The molecule has 0 atom stereocenters. The summed E-state index contributed by atoms with van der Waals surface area (Å²) in [4.78, 5) is 11.2. The predicted octanol–water partition coefficient (Wildman–Crippen LogP) is 2.32. The van der Waals surface area contributed by atoms with Crippen LogP contribution in [0.25, 0.3) is 0 Å². The SMILES string of the molecule is C[P+]1(c2ccccc2)CCC(=O)CC1. The Morgan fingerprint density at radius 3 is 2.21 bits per heavy atom. The van der Waals surface area contributed by atoms with Crippen molar-refractivity contribution in [3.63, 3.8) is 0 Å². The van der Waals surface area contributed by atoms with E-state index in [2.05, 4.69) is 37.0 Å². The fourth-order valence-electron chi connectivity index (χ4n) is 2.03. The lowest BCUT2D eigenvalue weighted by atomic mass is 10.2. The van der Waals surface area contributed by atoms with Crippen LogP contribution in [0.3, 0.4) is 0 Å². The number of hydrogen-bond acceptors (Lipinski definition) is 1. The average Bonchev–Trinajstić information content (AvgIpc) is 2.24. The molecule has 1 fully saturated rings. The van der Waals surface area contributed by atoms with E-state index < -0.39 is 7.26 Å². The van der Waals surface area contributed by atoms with Crippen LogP contribution in [0.4, 0.5) is 0 Å². The Balaban J connectivity index is 2.21. The summed E-state index contributed by atoms with van der Waals surface area (Å²) in [5.74, 6) is 0.457. The first-order chi connectivity index (χ1) is 6.71. The van der Waals surface area contributed by atoms with E-state index in [1.807, 2.05) is 0 Å². The van der Waals surface area contributed by atoms with Gasteiger partial charge in [0, 0.05) is 20.1 Å². The molecule has 2 rings (SSSR count). The number of carbonyl (C=O) groups is 1. The van der Waals surface area contributed by atoms with E-state index in [0.29, 0.717) is 5.78 Å². The van der Waals surface area contributed by atoms with Gasteiger partial charge in [-0.1, -0.05) is 18.2 Å². The zero-order chi connectivity index (χ0) is 10.0. The third kappa shape index (κ3) is 1.88. The van der Waals surface area contributed by atoms with Gasteiger partial charge in [0.15, 0.2) is 0 Å². The molecule has 0 unspecified atom stereocenters. The topological polar surface area (TPSA) is 17.1 Å². The molecule has 0 spiro atoms. The second kappa shape index (κ2) is 3.82. The molecule has 1 aliphatic rings. The molecule has 0 bridgehead atoms. The van der Waals surface area contributed by atoms with Crippen LogP contribution in [0.5, 0.6) is 0 Å². The lowest BCUT2D eigenvalue weighted by Gasteiger charge is -2.26. The van der Waals surface area contributed by atoms with Gasteiger partial charge in [-0.25, -0.2) is 0 Å². The number of hydrogen-bond donors (Lipinski definition) is 0. The van der Waals surface area contributed by atoms with Gasteiger partial charge in [-0.15, -0.1) is 0 Å². The predicted molar refractivity (Wildman–Crippen MR) is 62.9 cm³/mol. The van der Waals surface area contributed by atoms with Gasteiger partial charge in [0.25, 0.3) is 0 Å². The second-order valence-corrected chi connectivity index (χ2v) is 8.42.